The van der Waals surface area contributed by atoms with Gasteiger partial charge in [-0.1, -0.05) is 0 Å². The summed E-state index contributed by atoms with van der Waals surface area (Å²) in [4.78, 5) is 11.2. The van der Waals surface area contributed by atoms with Crippen molar-refractivity contribution in [1.29, 1.82) is 0 Å². The van der Waals surface area contributed by atoms with Crippen molar-refractivity contribution in [2.24, 2.45) is 0 Å². The molecule has 0 spiro atoms. The van der Waals surface area contributed by atoms with Crippen LogP contribution in [-0.4, -0.2) is 11.7 Å². The van der Waals surface area contributed by atoms with Gasteiger partial charge in [-0.15, -0.1) is 11.6 Å². The lowest BCUT2D eigenvalue weighted by molar-refractivity contribution is 0.404. The maximum atomic E-state index is 11.2. The number of pyridine rings is 1. The van der Waals surface area contributed by atoms with Crippen molar-refractivity contribution < 1.29 is 4.74 Å². The van der Waals surface area contributed by atoms with Crippen molar-refractivity contribution >= 4 is 11.6 Å². The fourth-order valence-electron chi connectivity index (χ4n) is 0.764. The van der Waals surface area contributed by atoms with Crippen LogP contribution in [0.3, 0.4) is 0 Å². The van der Waals surface area contributed by atoms with Crippen molar-refractivity contribution in [2.75, 3.05) is 7.11 Å². The van der Waals surface area contributed by atoms with E-state index in [1.165, 1.54) is 11.7 Å². The number of hydrogen-bond donors (Lipinski definition) is 0. The Morgan fingerprint density at radius 2 is 2.45 bits per heavy atom. The van der Waals surface area contributed by atoms with E-state index in [0.29, 0.717) is 5.75 Å². The Hall–Kier alpha value is -0.960. The third kappa shape index (κ3) is 1.54. The van der Waals surface area contributed by atoms with Crippen molar-refractivity contribution in [1.82, 2.24) is 4.57 Å². The predicted octanol–water partition coefficient (Wildman–Crippen LogP) is 1.05. The van der Waals surface area contributed by atoms with Crippen LogP contribution in [0.4, 0.5) is 0 Å². The highest BCUT2D eigenvalue weighted by Gasteiger charge is 1.99. The smallest absolute Gasteiger partial charge is 0.293 e. The van der Waals surface area contributed by atoms with E-state index in [2.05, 4.69) is 0 Å². The third-order valence-corrected chi connectivity index (χ3v) is 1.59. The summed E-state index contributed by atoms with van der Waals surface area (Å²) in [5.41, 5.74) is -0.204. The maximum absolute atomic E-state index is 11.2. The summed E-state index contributed by atoms with van der Waals surface area (Å²) in [6.45, 7) is 0. The van der Waals surface area contributed by atoms with Crippen molar-refractivity contribution in [3.63, 3.8) is 0 Å². The van der Waals surface area contributed by atoms with E-state index in [-0.39, 0.29) is 11.6 Å². The molecule has 0 aliphatic heterocycles. The van der Waals surface area contributed by atoms with E-state index in [4.69, 9.17) is 16.3 Å². The molecule has 0 aliphatic carbocycles. The van der Waals surface area contributed by atoms with Crippen LogP contribution < -0.4 is 10.3 Å². The lowest BCUT2D eigenvalue weighted by atomic mass is 10.4. The minimum atomic E-state index is -0.204. The number of nitrogens with zero attached hydrogens (tertiary/aromatic N) is 1. The van der Waals surface area contributed by atoms with Gasteiger partial charge in [-0.05, 0) is 12.1 Å². The van der Waals surface area contributed by atoms with Gasteiger partial charge < -0.3 is 4.74 Å². The summed E-state index contributed by atoms with van der Waals surface area (Å²) in [5.74, 6) is 0.313. The monoisotopic (exact) mass is 173 g/mol. The number of rotatable bonds is 2. The average molecular weight is 174 g/mol. The van der Waals surface area contributed by atoms with E-state index < -0.39 is 0 Å². The molecule has 1 heterocycles. The van der Waals surface area contributed by atoms with E-state index in [1.54, 1.807) is 18.3 Å². The van der Waals surface area contributed by atoms with Gasteiger partial charge in [-0.3, -0.25) is 9.36 Å². The van der Waals surface area contributed by atoms with Crippen LogP contribution >= 0.6 is 11.6 Å². The Labute approximate surface area is 69.2 Å². The molecule has 0 radical (unpaired) electrons. The first-order chi connectivity index (χ1) is 5.29. The van der Waals surface area contributed by atoms with Crippen LogP contribution in [0.5, 0.6) is 5.75 Å². The van der Waals surface area contributed by atoms with Gasteiger partial charge in [0.25, 0.3) is 5.56 Å². The molecule has 11 heavy (non-hydrogen) atoms. The van der Waals surface area contributed by atoms with Gasteiger partial charge in [-0.25, -0.2) is 0 Å². The van der Waals surface area contributed by atoms with Crippen LogP contribution in [0.25, 0.3) is 0 Å². The molecule has 60 valence electrons. The lowest BCUT2D eigenvalue weighted by Gasteiger charge is -2.01. The summed E-state index contributed by atoms with van der Waals surface area (Å²) in [6.07, 6.45) is 1.61. The molecule has 1 rings (SSSR count). The second kappa shape index (κ2) is 3.44. The number of methoxy groups -OCH3 is 1. The molecule has 0 aromatic carbocycles. The van der Waals surface area contributed by atoms with Gasteiger partial charge in [0.2, 0.25) is 0 Å². The first-order valence-electron chi connectivity index (χ1n) is 3.09. The molecule has 1 aromatic rings. The van der Waals surface area contributed by atoms with Crippen LogP contribution in [0.2, 0.25) is 0 Å². The highest BCUT2D eigenvalue weighted by atomic mass is 35.5. The van der Waals surface area contributed by atoms with E-state index in [0.717, 1.165) is 0 Å². The van der Waals surface area contributed by atoms with Crippen LogP contribution in [0.15, 0.2) is 23.1 Å². The largest absolute Gasteiger partial charge is 0.491 e. The Morgan fingerprint density at radius 1 is 1.73 bits per heavy atom. The van der Waals surface area contributed by atoms with Crippen molar-refractivity contribution in [2.45, 2.75) is 6.00 Å². The predicted molar refractivity (Wildman–Crippen MR) is 43.1 cm³/mol. The lowest BCUT2D eigenvalue weighted by Crippen LogP contribution is -2.18. The minimum Gasteiger partial charge on any atom is -0.491 e. The van der Waals surface area contributed by atoms with Crippen LogP contribution in [0.1, 0.15) is 0 Å². The van der Waals surface area contributed by atoms with E-state index in [1.807, 2.05) is 0 Å². The molecule has 0 saturated carbocycles. The second-order valence-corrected chi connectivity index (χ2v) is 2.21. The Kier molecular flexibility index (Phi) is 2.54. The molecule has 0 N–H and O–H groups in total. The Morgan fingerprint density at radius 3 is 3.00 bits per heavy atom. The summed E-state index contributed by atoms with van der Waals surface area (Å²) < 4.78 is 6.16. The SMILES string of the molecule is COc1cccn(CCl)c1=O. The molecular weight excluding hydrogens is 166 g/mol. The average Bonchev–Trinajstić information content (AvgIpc) is 2.05. The highest BCUT2D eigenvalue weighted by molar-refractivity contribution is 6.15. The van der Waals surface area contributed by atoms with Crippen molar-refractivity contribution in [3.05, 3.63) is 28.7 Å². The molecule has 0 fully saturated rings. The first-order valence-corrected chi connectivity index (χ1v) is 3.62. The minimum absolute atomic E-state index is 0.149. The second-order valence-electron chi connectivity index (χ2n) is 1.97. The summed E-state index contributed by atoms with van der Waals surface area (Å²) >= 11 is 5.47. The zero-order valence-electron chi connectivity index (χ0n) is 6.08. The maximum Gasteiger partial charge on any atom is 0.293 e. The molecule has 0 unspecified atom stereocenters. The normalized spacial score (nSPS) is 9.64. The molecule has 0 bridgehead atoms. The molecule has 0 amide bonds. The quantitative estimate of drug-likeness (QED) is 0.627. The summed E-state index contributed by atoms with van der Waals surface area (Å²) in [6, 6.07) is 3.46. The molecule has 0 atom stereocenters. The third-order valence-electron chi connectivity index (χ3n) is 1.33. The Balaban J connectivity index is 3.21. The summed E-state index contributed by atoms with van der Waals surface area (Å²) in [7, 11) is 1.45. The first kappa shape index (κ1) is 8.14. The molecular formula is C7H8ClNO2. The molecule has 1 aromatic heterocycles. The number of ether oxygens (including phenoxy) is 1. The van der Waals surface area contributed by atoms with Gasteiger partial charge in [0.05, 0.1) is 7.11 Å². The van der Waals surface area contributed by atoms with Crippen LogP contribution in [0, 0.1) is 0 Å². The molecule has 3 nitrogen and oxygen atoms in total. The van der Waals surface area contributed by atoms with Gasteiger partial charge in [0.1, 0.15) is 6.00 Å². The number of alkyl halides is 1. The molecule has 4 heteroatoms. The van der Waals surface area contributed by atoms with E-state index in [9.17, 15) is 4.79 Å². The van der Waals surface area contributed by atoms with Gasteiger partial charge in [0.15, 0.2) is 5.75 Å². The molecule has 0 saturated heterocycles. The van der Waals surface area contributed by atoms with Gasteiger partial charge in [-0.2, -0.15) is 0 Å². The fourth-order valence-corrected chi connectivity index (χ4v) is 0.953. The van der Waals surface area contributed by atoms with E-state index >= 15 is 0 Å². The number of aromatic nitrogens is 1. The fraction of sp³-hybridized carbons (Fsp3) is 0.286. The van der Waals surface area contributed by atoms with Gasteiger partial charge in [0, 0.05) is 6.20 Å². The topological polar surface area (TPSA) is 31.2 Å². The highest BCUT2D eigenvalue weighted by Crippen LogP contribution is 2.00. The van der Waals surface area contributed by atoms with Gasteiger partial charge >= 0.3 is 0 Å². The Bertz CT molecular complexity index is 269. The summed E-state index contributed by atoms with van der Waals surface area (Å²) in [5, 5.41) is 0. The zero-order valence-corrected chi connectivity index (χ0v) is 6.84. The van der Waals surface area contributed by atoms with Crippen LogP contribution in [-0.2, 0) is 6.00 Å². The number of halogens is 1. The zero-order chi connectivity index (χ0) is 8.27. The van der Waals surface area contributed by atoms with Crippen molar-refractivity contribution in [3.8, 4) is 5.75 Å². The standard InChI is InChI=1S/C7H8ClNO2/c1-11-6-3-2-4-9(5-8)7(6)10/h2-4H,5H2,1H3. The number of hydrogen-bond acceptors (Lipinski definition) is 2. The molecule has 0 aliphatic rings.